The second-order valence-electron chi connectivity index (χ2n) is 8.53. The molecule has 0 radical (unpaired) electrons. The van der Waals surface area contributed by atoms with Crippen molar-refractivity contribution in [3.8, 4) is 0 Å². The van der Waals surface area contributed by atoms with Gasteiger partial charge in [0, 0.05) is 51.5 Å². The standard InChI is InChI=1S/C25H33Cl2N5O4/c1-4-9-28-24(34)31-13-11-30(12-14-31)16-20-21(23(33)36-6-3)22(29-25(35)32(20)10-5-2)17-7-8-18(26)19(27)15-17/h5,7-8,15,22H,2,4,6,9-14,16H2,1,3H3,(H,28,34)(H,29,35)/t22-/m1/s1. The molecule has 1 atom stereocenters. The Morgan fingerprint density at radius 3 is 2.53 bits per heavy atom. The van der Waals surface area contributed by atoms with Crippen molar-refractivity contribution >= 4 is 41.2 Å². The number of urea groups is 2. The molecule has 2 heterocycles. The highest BCUT2D eigenvalue weighted by Gasteiger charge is 2.39. The fraction of sp³-hybridized carbons (Fsp3) is 0.480. The number of amides is 4. The van der Waals surface area contributed by atoms with Gasteiger partial charge in [-0.1, -0.05) is 42.3 Å². The van der Waals surface area contributed by atoms with E-state index in [1.165, 1.54) is 4.90 Å². The highest BCUT2D eigenvalue weighted by Crippen LogP contribution is 2.35. The van der Waals surface area contributed by atoms with E-state index >= 15 is 0 Å². The number of carbonyl (C=O) groups excluding carboxylic acids is 3. The quantitative estimate of drug-likeness (QED) is 0.369. The van der Waals surface area contributed by atoms with E-state index < -0.39 is 12.0 Å². The van der Waals surface area contributed by atoms with Crippen LogP contribution in [0.4, 0.5) is 9.59 Å². The molecule has 3 rings (SSSR count). The molecule has 2 aliphatic heterocycles. The van der Waals surface area contributed by atoms with Gasteiger partial charge in [-0.05, 0) is 31.0 Å². The summed E-state index contributed by atoms with van der Waals surface area (Å²) in [5, 5.41) is 6.51. The third-order valence-corrected chi connectivity index (χ3v) is 6.82. The molecule has 1 fully saturated rings. The molecule has 1 aromatic rings. The number of esters is 1. The van der Waals surface area contributed by atoms with Gasteiger partial charge in [0.05, 0.1) is 28.3 Å². The van der Waals surface area contributed by atoms with Crippen molar-refractivity contribution in [2.45, 2.75) is 26.3 Å². The van der Waals surface area contributed by atoms with Crippen LogP contribution in [0, 0.1) is 0 Å². The maximum absolute atomic E-state index is 13.3. The largest absolute Gasteiger partial charge is 0.463 e. The molecule has 0 saturated carbocycles. The lowest BCUT2D eigenvalue weighted by molar-refractivity contribution is -0.139. The zero-order valence-electron chi connectivity index (χ0n) is 20.7. The molecule has 2 N–H and O–H groups in total. The van der Waals surface area contributed by atoms with Crippen LogP contribution in [0.3, 0.4) is 0 Å². The van der Waals surface area contributed by atoms with Crippen LogP contribution in [0.1, 0.15) is 31.9 Å². The van der Waals surface area contributed by atoms with E-state index in [1.54, 1.807) is 36.1 Å². The molecule has 0 bridgehead atoms. The minimum atomic E-state index is -0.761. The summed E-state index contributed by atoms with van der Waals surface area (Å²) < 4.78 is 5.41. The Bertz CT molecular complexity index is 1020. The lowest BCUT2D eigenvalue weighted by atomic mass is 9.94. The average molecular weight is 538 g/mol. The molecule has 0 aromatic heterocycles. The van der Waals surface area contributed by atoms with E-state index in [1.807, 2.05) is 6.92 Å². The number of piperazine rings is 1. The Labute approximate surface area is 222 Å². The van der Waals surface area contributed by atoms with Gasteiger partial charge in [0.2, 0.25) is 0 Å². The first-order valence-corrected chi connectivity index (χ1v) is 12.8. The van der Waals surface area contributed by atoms with Gasteiger partial charge in [0.15, 0.2) is 0 Å². The van der Waals surface area contributed by atoms with E-state index in [0.717, 1.165) is 6.42 Å². The van der Waals surface area contributed by atoms with Crippen LogP contribution in [-0.2, 0) is 9.53 Å². The SMILES string of the molecule is C=CCN1C(=O)N[C@H](c2ccc(Cl)c(Cl)c2)C(C(=O)OCC)=C1CN1CCN(C(=O)NCCC)CC1. The van der Waals surface area contributed by atoms with Crippen molar-refractivity contribution in [1.82, 2.24) is 25.3 Å². The van der Waals surface area contributed by atoms with E-state index in [2.05, 4.69) is 22.1 Å². The van der Waals surface area contributed by atoms with Crippen molar-refractivity contribution < 1.29 is 19.1 Å². The van der Waals surface area contributed by atoms with Crippen LogP contribution in [0.15, 0.2) is 42.1 Å². The summed E-state index contributed by atoms with van der Waals surface area (Å²) >= 11 is 12.4. The predicted octanol–water partition coefficient (Wildman–Crippen LogP) is 3.80. The molecular formula is C25H33Cl2N5O4. The molecule has 11 heteroatoms. The van der Waals surface area contributed by atoms with Crippen LogP contribution in [0.25, 0.3) is 0 Å². The molecular weight excluding hydrogens is 505 g/mol. The molecule has 196 valence electrons. The molecule has 0 aliphatic carbocycles. The van der Waals surface area contributed by atoms with Crippen molar-refractivity contribution in [2.24, 2.45) is 0 Å². The van der Waals surface area contributed by atoms with Crippen LogP contribution >= 0.6 is 23.2 Å². The second kappa shape index (κ2) is 13.0. The molecule has 1 aromatic carbocycles. The van der Waals surface area contributed by atoms with Gasteiger partial charge < -0.3 is 20.3 Å². The summed E-state index contributed by atoms with van der Waals surface area (Å²) in [6.45, 7) is 11.2. The lowest BCUT2D eigenvalue weighted by Crippen LogP contribution is -2.55. The van der Waals surface area contributed by atoms with Crippen molar-refractivity contribution in [1.29, 1.82) is 0 Å². The lowest BCUT2D eigenvalue weighted by Gasteiger charge is -2.40. The summed E-state index contributed by atoms with van der Waals surface area (Å²) in [7, 11) is 0. The molecule has 9 nitrogen and oxygen atoms in total. The first kappa shape index (κ1) is 27.8. The van der Waals surface area contributed by atoms with Crippen LogP contribution in [-0.4, -0.2) is 85.2 Å². The Morgan fingerprint density at radius 2 is 1.92 bits per heavy atom. The summed E-state index contributed by atoms with van der Waals surface area (Å²) in [5.74, 6) is -0.518. The number of hydrogen-bond acceptors (Lipinski definition) is 5. The first-order chi connectivity index (χ1) is 17.3. The molecule has 1 saturated heterocycles. The number of halogens is 2. The van der Waals surface area contributed by atoms with Gasteiger partial charge in [-0.25, -0.2) is 14.4 Å². The number of rotatable bonds is 9. The summed E-state index contributed by atoms with van der Waals surface area (Å²) in [6, 6.07) is 3.81. The zero-order chi connectivity index (χ0) is 26.2. The monoisotopic (exact) mass is 537 g/mol. The highest BCUT2D eigenvalue weighted by molar-refractivity contribution is 6.42. The van der Waals surface area contributed by atoms with Gasteiger partial charge in [-0.3, -0.25) is 9.80 Å². The topological polar surface area (TPSA) is 94.2 Å². The third kappa shape index (κ3) is 6.52. The van der Waals surface area contributed by atoms with Gasteiger partial charge in [0.25, 0.3) is 0 Å². The van der Waals surface area contributed by atoms with E-state index in [9.17, 15) is 14.4 Å². The van der Waals surface area contributed by atoms with E-state index in [0.29, 0.717) is 66.1 Å². The zero-order valence-corrected chi connectivity index (χ0v) is 22.2. The molecule has 2 aliphatic rings. The summed E-state index contributed by atoms with van der Waals surface area (Å²) in [6.07, 6.45) is 2.48. The number of nitrogens with one attached hydrogen (secondary N) is 2. The summed E-state index contributed by atoms with van der Waals surface area (Å²) in [5.41, 5.74) is 1.49. The molecule has 0 spiro atoms. The Kier molecular flexibility index (Phi) is 10.0. The fourth-order valence-corrected chi connectivity index (χ4v) is 4.56. The van der Waals surface area contributed by atoms with Gasteiger partial charge in [0.1, 0.15) is 0 Å². The Balaban J connectivity index is 1.94. The second-order valence-corrected chi connectivity index (χ2v) is 9.35. The fourth-order valence-electron chi connectivity index (χ4n) is 4.25. The number of carbonyl (C=O) groups is 3. The minimum absolute atomic E-state index is 0.0760. The van der Waals surface area contributed by atoms with Gasteiger partial charge >= 0.3 is 18.0 Å². The number of ether oxygens (including phenoxy) is 1. The minimum Gasteiger partial charge on any atom is -0.463 e. The first-order valence-electron chi connectivity index (χ1n) is 12.1. The van der Waals surface area contributed by atoms with Gasteiger partial charge in [-0.2, -0.15) is 0 Å². The number of nitrogens with zero attached hydrogens (tertiary/aromatic N) is 3. The maximum atomic E-state index is 13.3. The van der Waals surface area contributed by atoms with Gasteiger partial charge in [-0.15, -0.1) is 6.58 Å². The maximum Gasteiger partial charge on any atom is 0.338 e. The normalized spacial score (nSPS) is 18.7. The van der Waals surface area contributed by atoms with Crippen LogP contribution in [0.2, 0.25) is 10.0 Å². The molecule has 36 heavy (non-hydrogen) atoms. The average Bonchev–Trinajstić information content (AvgIpc) is 2.86. The molecule has 0 unspecified atom stereocenters. The Morgan fingerprint density at radius 1 is 1.19 bits per heavy atom. The van der Waals surface area contributed by atoms with Crippen molar-refractivity contribution in [3.63, 3.8) is 0 Å². The number of hydrogen-bond donors (Lipinski definition) is 2. The van der Waals surface area contributed by atoms with Crippen LogP contribution in [0.5, 0.6) is 0 Å². The van der Waals surface area contributed by atoms with E-state index in [-0.39, 0.29) is 25.2 Å². The third-order valence-electron chi connectivity index (χ3n) is 6.08. The predicted molar refractivity (Wildman–Crippen MR) is 140 cm³/mol. The smallest absolute Gasteiger partial charge is 0.338 e. The van der Waals surface area contributed by atoms with Crippen molar-refractivity contribution in [3.05, 3.63) is 57.7 Å². The van der Waals surface area contributed by atoms with E-state index in [4.69, 9.17) is 27.9 Å². The highest BCUT2D eigenvalue weighted by atomic mass is 35.5. The summed E-state index contributed by atoms with van der Waals surface area (Å²) in [4.78, 5) is 44.2. The van der Waals surface area contributed by atoms with Crippen molar-refractivity contribution in [2.75, 3.05) is 52.4 Å². The van der Waals surface area contributed by atoms with Crippen LogP contribution < -0.4 is 10.6 Å². The molecule has 4 amide bonds. The number of benzene rings is 1. The Hall–Kier alpha value is -2.75.